The van der Waals surface area contributed by atoms with Crippen molar-refractivity contribution >= 4 is 19.9 Å². The average Bonchev–Trinajstić information content (AvgIpc) is 3.05. The van der Waals surface area contributed by atoms with Crippen molar-refractivity contribution in [2.45, 2.75) is 0 Å². The largest absolute Gasteiger partial charge is 0.265 e. The topological polar surface area (TPSA) is 54.5 Å². The minimum atomic E-state index is -0.349. The van der Waals surface area contributed by atoms with Crippen LogP contribution in [0.1, 0.15) is 0 Å². The number of hydrogen-bond acceptors (Lipinski definition) is 3. The molecule has 0 saturated carbocycles. The Hall–Kier alpha value is -2.27. The van der Waals surface area contributed by atoms with Gasteiger partial charge in [0.25, 0.3) is 0 Å². The van der Waals surface area contributed by atoms with Crippen LogP contribution in [0.5, 0.6) is 0 Å². The molecule has 0 saturated heterocycles. The molecule has 86 valence electrons. The molecule has 5 heteroatoms. The summed E-state index contributed by atoms with van der Waals surface area (Å²) in [5.41, 5.74) is 4.11. The molecule has 18 heavy (non-hydrogen) atoms. The summed E-state index contributed by atoms with van der Waals surface area (Å²) in [7, 11) is -0.349. The molecule has 1 aromatic carbocycles. The lowest BCUT2D eigenvalue weighted by Crippen LogP contribution is -2.20. The van der Waals surface area contributed by atoms with Crippen LogP contribution in [-0.4, -0.2) is 29.9 Å². The highest BCUT2D eigenvalue weighted by Crippen LogP contribution is 2.21. The highest BCUT2D eigenvalue weighted by molar-refractivity contribution is 6.73. The number of hydrogen-bond donors (Lipinski definition) is 1. The summed E-state index contributed by atoms with van der Waals surface area (Å²) in [6.45, 7) is 0. The molecule has 0 radical (unpaired) electrons. The molecule has 1 aliphatic heterocycles. The minimum Gasteiger partial charge on any atom is -0.265 e. The molecule has 1 aliphatic rings. The summed E-state index contributed by atoms with van der Waals surface area (Å²) in [6.07, 6.45) is 1.77. The first-order valence-electron chi connectivity index (χ1n) is 5.87. The van der Waals surface area contributed by atoms with Crippen LogP contribution in [0.3, 0.4) is 0 Å². The second-order valence-electron chi connectivity index (χ2n) is 4.40. The number of aromatic amines is 1. The maximum absolute atomic E-state index is 4.75. The first-order valence-corrected chi connectivity index (χ1v) is 7.28. The second-order valence-corrected chi connectivity index (χ2v) is 6.27. The molecule has 3 heterocycles. The van der Waals surface area contributed by atoms with Crippen LogP contribution in [-0.2, 0) is 0 Å². The van der Waals surface area contributed by atoms with Gasteiger partial charge in [-0.05, 0) is 16.8 Å². The maximum Gasteiger partial charge on any atom is 0.131 e. The Morgan fingerprint density at radius 2 is 1.89 bits per heavy atom. The molecule has 0 atom stereocenters. The van der Waals surface area contributed by atoms with Crippen LogP contribution >= 0.6 is 0 Å². The monoisotopic (exact) mass is 250 g/mol. The Morgan fingerprint density at radius 1 is 0.944 bits per heavy atom. The van der Waals surface area contributed by atoms with Crippen molar-refractivity contribution in [3.05, 3.63) is 42.6 Å². The molecule has 2 aromatic heterocycles. The van der Waals surface area contributed by atoms with Crippen LogP contribution in [0.25, 0.3) is 22.6 Å². The Morgan fingerprint density at radius 3 is 2.78 bits per heavy atom. The third-order valence-electron chi connectivity index (χ3n) is 3.31. The van der Waals surface area contributed by atoms with E-state index in [9.17, 15) is 0 Å². The molecule has 0 aliphatic carbocycles. The fourth-order valence-electron chi connectivity index (χ4n) is 2.44. The molecule has 4 nitrogen and oxygen atoms in total. The van der Waals surface area contributed by atoms with Crippen molar-refractivity contribution in [3.8, 4) is 22.6 Å². The molecule has 0 spiro atoms. The number of rotatable bonds is 1. The van der Waals surface area contributed by atoms with E-state index >= 15 is 0 Å². The number of nitrogens with zero attached hydrogens (tertiary/aromatic N) is 3. The summed E-state index contributed by atoms with van der Waals surface area (Å²) in [4.78, 5) is 4.75. The third kappa shape index (κ3) is 1.34. The predicted molar refractivity (Wildman–Crippen MR) is 72.9 cm³/mol. The van der Waals surface area contributed by atoms with Gasteiger partial charge >= 0.3 is 0 Å². The zero-order chi connectivity index (χ0) is 11.9. The van der Waals surface area contributed by atoms with E-state index in [1.165, 1.54) is 15.9 Å². The quantitative estimate of drug-likeness (QED) is 0.483. The number of pyridine rings is 1. The van der Waals surface area contributed by atoms with E-state index in [1.54, 1.807) is 6.20 Å². The molecule has 4 rings (SSSR count). The Kier molecular flexibility index (Phi) is 1.95. The van der Waals surface area contributed by atoms with Crippen molar-refractivity contribution in [1.82, 2.24) is 20.4 Å². The fraction of sp³-hybridized carbons (Fsp3) is 0. The lowest BCUT2D eigenvalue weighted by Gasteiger charge is -2.02. The smallest absolute Gasteiger partial charge is 0.131 e. The highest BCUT2D eigenvalue weighted by atomic mass is 28.2. The molecule has 3 aromatic rings. The first kappa shape index (κ1) is 9.73. The van der Waals surface area contributed by atoms with Gasteiger partial charge in [0.15, 0.2) is 0 Å². The number of fused-ring (bicyclic) bond motifs is 3. The van der Waals surface area contributed by atoms with Crippen LogP contribution in [0.2, 0.25) is 0 Å². The van der Waals surface area contributed by atoms with E-state index in [-0.39, 0.29) is 9.52 Å². The molecule has 0 amide bonds. The summed E-state index contributed by atoms with van der Waals surface area (Å²) in [6, 6.07) is 12.8. The van der Waals surface area contributed by atoms with Gasteiger partial charge in [0.05, 0.1) is 27.1 Å². The summed E-state index contributed by atoms with van der Waals surface area (Å²) >= 11 is 0. The van der Waals surface area contributed by atoms with Gasteiger partial charge in [-0.2, -0.15) is 0 Å². The fourth-order valence-corrected chi connectivity index (χ4v) is 4.26. The van der Waals surface area contributed by atoms with E-state index in [0.29, 0.717) is 0 Å². The van der Waals surface area contributed by atoms with Gasteiger partial charge in [-0.15, -0.1) is 5.10 Å². The Bertz CT molecular complexity index is 722. The SMILES string of the molecule is c1ccc2c(c1)[SiH2]c1ccc(-c3c[nH]nn3)nc1-2. The van der Waals surface area contributed by atoms with Gasteiger partial charge in [0.2, 0.25) is 0 Å². The first-order chi connectivity index (χ1) is 8.92. The lowest BCUT2D eigenvalue weighted by molar-refractivity contribution is 0.941. The van der Waals surface area contributed by atoms with Gasteiger partial charge in [0.1, 0.15) is 5.69 Å². The minimum absolute atomic E-state index is 0.349. The van der Waals surface area contributed by atoms with Gasteiger partial charge in [-0.3, -0.25) is 5.10 Å². The van der Waals surface area contributed by atoms with E-state index in [1.807, 2.05) is 6.07 Å². The highest BCUT2D eigenvalue weighted by Gasteiger charge is 2.20. The molecule has 1 N–H and O–H groups in total. The average molecular weight is 250 g/mol. The van der Waals surface area contributed by atoms with Crippen LogP contribution in [0.4, 0.5) is 0 Å². The van der Waals surface area contributed by atoms with Crippen molar-refractivity contribution in [2.24, 2.45) is 0 Å². The molecule has 0 fully saturated rings. The molecular weight excluding hydrogens is 240 g/mol. The number of H-pyrrole nitrogens is 1. The van der Waals surface area contributed by atoms with Crippen molar-refractivity contribution in [2.75, 3.05) is 0 Å². The predicted octanol–water partition coefficient (Wildman–Crippen LogP) is -0.0333. The number of nitrogens with one attached hydrogen (secondary N) is 1. The van der Waals surface area contributed by atoms with Gasteiger partial charge in [0, 0.05) is 0 Å². The standard InChI is InChI=1S/C13H10N4Si/c1-2-4-11-8(3-1)13-12(18-11)6-5-9(15-13)10-7-14-17-16-10/h1-7H,18H2,(H,14,16,17). The van der Waals surface area contributed by atoms with E-state index in [0.717, 1.165) is 17.1 Å². The molecular formula is C13H10N4Si. The van der Waals surface area contributed by atoms with Crippen LogP contribution in [0.15, 0.2) is 42.6 Å². The van der Waals surface area contributed by atoms with E-state index in [4.69, 9.17) is 4.98 Å². The second kappa shape index (κ2) is 3.61. The number of aromatic nitrogens is 4. The molecule has 0 bridgehead atoms. The maximum atomic E-state index is 4.75. The van der Waals surface area contributed by atoms with Gasteiger partial charge < -0.3 is 0 Å². The molecule has 0 unspecified atom stereocenters. The van der Waals surface area contributed by atoms with E-state index in [2.05, 4.69) is 45.7 Å². The summed E-state index contributed by atoms with van der Waals surface area (Å²) in [5, 5.41) is 13.4. The van der Waals surface area contributed by atoms with Crippen molar-refractivity contribution < 1.29 is 0 Å². The normalized spacial score (nSPS) is 13.6. The van der Waals surface area contributed by atoms with Crippen molar-refractivity contribution in [3.63, 3.8) is 0 Å². The Balaban J connectivity index is 1.91. The zero-order valence-corrected chi connectivity index (χ0v) is 11.0. The zero-order valence-electron chi connectivity index (χ0n) is 9.59. The van der Waals surface area contributed by atoms with Crippen LogP contribution in [0, 0.1) is 0 Å². The van der Waals surface area contributed by atoms with Gasteiger partial charge in [-0.25, -0.2) is 4.98 Å². The third-order valence-corrected chi connectivity index (χ3v) is 5.26. The van der Waals surface area contributed by atoms with Crippen molar-refractivity contribution in [1.29, 1.82) is 0 Å². The summed E-state index contributed by atoms with van der Waals surface area (Å²) < 4.78 is 0. The Labute approximate surface area is 106 Å². The van der Waals surface area contributed by atoms with E-state index < -0.39 is 0 Å². The lowest BCUT2D eigenvalue weighted by atomic mass is 10.1. The number of benzene rings is 1. The van der Waals surface area contributed by atoms with Gasteiger partial charge in [-0.1, -0.05) is 40.7 Å². The van der Waals surface area contributed by atoms with Crippen LogP contribution < -0.4 is 10.4 Å². The summed E-state index contributed by atoms with van der Waals surface area (Å²) in [5.74, 6) is 0.